The van der Waals surface area contributed by atoms with Crippen LogP contribution in [0, 0.1) is 6.92 Å². The Labute approximate surface area is 133 Å². The molecule has 0 saturated carbocycles. The summed E-state index contributed by atoms with van der Waals surface area (Å²) in [5, 5.41) is 26.0. The van der Waals surface area contributed by atoms with Gasteiger partial charge in [0.15, 0.2) is 0 Å². The zero-order valence-electron chi connectivity index (χ0n) is 12.7. The van der Waals surface area contributed by atoms with Crippen LogP contribution in [0.5, 0.6) is 5.75 Å². The second-order valence-corrected chi connectivity index (χ2v) is 5.21. The van der Waals surface area contributed by atoms with E-state index >= 15 is 0 Å². The summed E-state index contributed by atoms with van der Waals surface area (Å²) >= 11 is 0. The maximum atomic E-state index is 9.95. The van der Waals surface area contributed by atoms with Crippen LogP contribution >= 0.6 is 0 Å². The first kappa shape index (κ1) is 15.1. The van der Waals surface area contributed by atoms with Crippen molar-refractivity contribution in [2.45, 2.75) is 6.92 Å². The van der Waals surface area contributed by atoms with Gasteiger partial charge in [-0.2, -0.15) is 4.98 Å². The van der Waals surface area contributed by atoms with Crippen molar-refractivity contribution in [2.75, 3.05) is 23.8 Å². The smallest absolute Gasteiger partial charge is 0.229 e. The van der Waals surface area contributed by atoms with Gasteiger partial charge in [0, 0.05) is 11.9 Å². The van der Waals surface area contributed by atoms with Gasteiger partial charge in [-0.25, -0.2) is 4.98 Å². The topological polar surface area (TPSA) is 90.3 Å². The first-order valence-corrected chi connectivity index (χ1v) is 7.35. The Morgan fingerprint density at radius 3 is 2.74 bits per heavy atom. The van der Waals surface area contributed by atoms with E-state index in [4.69, 9.17) is 5.11 Å². The Bertz CT molecular complexity index is 836. The Hall–Kier alpha value is -2.86. The highest BCUT2D eigenvalue weighted by molar-refractivity contribution is 5.90. The molecule has 0 aliphatic heterocycles. The standard InChI is InChI=1S/C17H18N4O2/c1-11-6-7-15(23)14(10-11)20-17-19-13-5-3-2-4-12(13)16(21-17)18-8-9-22/h2-7,10,22-23H,8-9H2,1H3,(H2,18,19,20,21). The van der Waals surface area contributed by atoms with E-state index in [0.29, 0.717) is 24.0 Å². The quantitative estimate of drug-likeness (QED) is 0.542. The molecule has 3 rings (SSSR count). The molecule has 0 aliphatic rings. The van der Waals surface area contributed by atoms with Crippen LogP contribution in [-0.4, -0.2) is 33.3 Å². The van der Waals surface area contributed by atoms with Crippen molar-refractivity contribution in [3.8, 4) is 5.75 Å². The van der Waals surface area contributed by atoms with Crippen LogP contribution in [0.3, 0.4) is 0 Å². The van der Waals surface area contributed by atoms with E-state index in [-0.39, 0.29) is 12.4 Å². The number of anilines is 3. The number of benzene rings is 2. The molecule has 1 heterocycles. The number of para-hydroxylation sites is 1. The SMILES string of the molecule is Cc1ccc(O)c(Nc2nc(NCCO)c3ccccc3n2)c1. The molecule has 0 amide bonds. The average Bonchev–Trinajstić information content (AvgIpc) is 2.56. The average molecular weight is 310 g/mol. The van der Waals surface area contributed by atoms with Gasteiger partial charge >= 0.3 is 0 Å². The number of phenolic OH excluding ortho intramolecular Hbond substituents is 1. The molecule has 4 N–H and O–H groups in total. The molecule has 0 radical (unpaired) electrons. The Morgan fingerprint density at radius 1 is 1.09 bits per heavy atom. The fourth-order valence-corrected chi connectivity index (χ4v) is 2.31. The first-order chi connectivity index (χ1) is 11.2. The molecule has 118 valence electrons. The van der Waals surface area contributed by atoms with Crippen LogP contribution in [0.1, 0.15) is 5.56 Å². The van der Waals surface area contributed by atoms with Gasteiger partial charge in [-0.15, -0.1) is 0 Å². The summed E-state index contributed by atoms with van der Waals surface area (Å²) in [6.07, 6.45) is 0. The maximum absolute atomic E-state index is 9.95. The van der Waals surface area contributed by atoms with Gasteiger partial charge in [0.05, 0.1) is 17.8 Å². The fraction of sp³-hybridized carbons (Fsp3) is 0.176. The van der Waals surface area contributed by atoms with Crippen molar-refractivity contribution in [3.05, 3.63) is 48.0 Å². The molecule has 0 fully saturated rings. The minimum atomic E-state index is 0.0137. The monoisotopic (exact) mass is 310 g/mol. The lowest BCUT2D eigenvalue weighted by molar-refractivity contribution is 0.311. The molecule has 6 heteroatoms. The molecule has 6 nitrogen and oxygen atoms in total. The number of nitrogens with one attached hydrogen (secondary N) is 2. The molecule has 0 saturated heterocycles. The number of nitrogens with zero attached hydrogens (tertiary/aromatic N) is 2. The second-order valence-electron chi connectivity index (χ2n) is 5.21. The lowest BCUT2D eigenvalue weighted by Gasteiger charge is -2.12. The number of aliphatic hydroxyl groups excluding tert-OH is 1. The number of phenols is 1. The summed E-state index contributed by atoms with van der Waals surface area (Å²) in [6.45, 7) is 2.36. The second kappa shape index (κ2) is 6.50. The Balaban J connectivity index is 2.02. The van der Waals surface area contributed by atoms with Crippen LogP contribution in [0.2, 0.25) is 0 Å². The molecule has 3 aromatic rings. The molecule has 0 bridgehead atoms. The van der Waals surface area contributed by atoms with Crippen LogP contribution < -0.4 is 10.6 Å². The molecular weight excluding hydrogens is 292 g/mol. The highest BCUT2D eigenvalue weighted by Crippen LogP contribution is 2.28. The molecule has 0 unspecified atom stereocenters. The molecule has 0 aliphatic carbocycles. The van der Waals surface area contributed by atoms with Crippen molar-refractivity contribution >= 4 is 28.4 Å². The van der Waals surface area contributed by atoms with Gasteiger partial charge < -0.3 is 20.8 Å². The summed E-state index contributed by atoms with van der Waals surface area (Å²) in [6, 6.07) is 12.9. The first-order valence-electron chi connectivity index (χ1n) is 7.35. The summed E-state index contributed by atoms with van der Waals surface area (Å²) in [7, 11) is 0. The number of aliphatic hydroxyl groups is 1. The molecule has 0 atom stereocenters. The fourth-order valence-electron chi connectivity index (χ4n) is 2.31. The third-order valence-corrected chi connectivity index (χ3v) is 3.41. The van der Waals surface area contributed by atoms with E-state index < -0.39 is 0 Å². The highest BCUT2D eigenvalue weighted by Gasteiger charge is 2.09. The molecular formula is C17H18N4O2. The summed E-state index contributed by atoms with van der Waals surface area (Å²) in [4.78, 5) is 8.92. The number of aromatic hydroxyl groups is 1. The number of aryl methyl sites for hydroxylation is 1. The van der Waals surface area contributed by atoms with Crippen molar-refractivity contribution in [1.82, 2.24) is 9.97 Å². The van der Waals surface area contributed by atoms with Gasteiger partial charge in [0.1, 0.15) is 11.6 Å². The van der Waals surface area contributed by atoms with Crippen LogP contribution in [0.25, 0.3) is 10.9 Å². The van der Waals surface area contributed by atoms with Crippen molar-refractivity contribution < 1.29 is 10.2 Å². The van der Waals surface area contributed by atoms with Crippen molar-refractivity contribution in [3.63, 3.8) is 0 Å². The summed E-state index contributed by atoms with van der Waals surface area (Å²) in [5.41, 5.74) is 2.34. The third-order valence-electron chi connectivity index (χ3n) is 3.41. The largest absolute Gasteiger partial charge is 0.506 e. The van der Waals surface area contributed by atoms with Crippen molar-refractivity contribution in [2.24, 2.45) is 0 Å². The normalized spacial score (nSPS) is 10.7. The van der Waals surface area contributed by atoms with Crippen LogP contribution in [-0.2, 0) is 0 Å². The predicted octanol–water partition coefficient (Wildman–Crippen LogP) is 2.79. The van der Waals surface area contributed by atoms with Gasteiger partial charge in [-0.05, 0) is 36.8 Å². The zero-order chi connectivity index (χ0) is 16.2. The van der Waals surface area contributed by atoms with E-state index in [9.17, 15) is 5.11 Å². The number of aromatic nitrogens is 2. The van der Waals surface area contributed by atoms with E-state index in [1.165, 1.54) is 0 Å². The number of fused-ring (bicyclic) bond motifs is 1. The van der Waals surface area contributed by atoms with Gasteiger partial charge in [0.2, 0.25) is 5.95 Å². The Kier molecular flexibility index (Phi) is 4.25. The molecule has 2 aromatic carbocycles. The van der Waals surface area contributed by atoms with E-state index in [1.54, 1.807) is 6.07 Å². The van der Waals surface area contributed by atoms with Crippen LogP contribution in [0.4, 0.5) is 17.5 Å². The van der Waals surface area contributed by atoms with E-state index in [2.05, 4.69) is 20.6 Å². The zero-order valence-corrected chi connectivity index (χ0v) is 12.7. The summed E-state index contributed by atoms with van der Waals surface area (Å²) < 4.78 is 0. The minimum absolute atomic E-state index is 0.0137. The number of hydrogen-bond acceptors (Lipinski definition) is 6. The highest BCUT2D eigenvalue weighted by atomic mass is 16.3. The lowest BCUT2D eigenvalue weighted by Crippen LogP contribution is -2.09. The third kappa shape index (κ3) is 3.32. The van der Waals surface area contributed by atoms with Crippen LogP contribution in [0.15, 0.2) is 42.5 Å². The lowest BCUT2D eigenvalue weighted by atomic mass is 10.2. The molecule has 23 heavy (non-hydrogen) atoms. The summed E-state index contributed by atoms with van der Waals surface area (Å²) in [5.74, 6) is 1.15. The maximum Gasteiger partial charge on any atom is 0.229 e. The van der Waals surface area contributed by atoms with Gasteiger partial charge in [-0.3, -0.25) is 0 Å². The minimum Gasteiger partial charge on any atom is -0.506 e. The van der Waals surface area contributed by atoms with E-state index in [1.807, 2.05) is 43.3 Å². The molecule has 0 spiro atoms. The van der Waals surface area contributed by atoms with E-state index in [0.717, 1.165) is 16.5 Å². The van der Waals surface area contributed by atoms with Gasteiger partial charge in [0.25, 0.3) is 0 Å². The molecule has 1 aromatic heterocycles. The Morgan fingerprint density at radius 2 is 1.91 bits per heavy atom. The predicted molar refractivity (Wildman–Crippen MR) is 91.2 cm³/mol. The van der Waals surface area contributed by atoms with Gasteiger partial charge in [-0.1, -0.05) is 18.2 Å². The number of hydrogen-bond donors (Lipinski definition) is 4. The number of rotatable bonds is 5. The van der Waals surface area contributed by atoms with Crippen molar-refractivity contribution in [1.29, 1.82) is 0 Å².